The molecule has 17 heavy (non-hydrogen) atoms. The molecule has 0 aromatic heterocycles. The SMILES string of the molecule is COc1cccc(NN)c1[N+](=O)[O-].O=[N+]([O-])O. The van der Waals surface area contributed by atoms with Crippen LogP contribution < -0.4 is 16.0 Å². The van der Waals surface area contributed by atoms with E-state index in [9.17, 15) is 10.1 Å². The first-order valence-electron chi connectivity index (χ1n) is 4.05. The fourth-order valence-corrected chi connectivity index (χ4v) is 0.992. The lowest BCUT2D eigenvalue weighted by Gasteiger charge is -2.05. The highest BCUT2D eigenvalue weighted by Gasteiger charge is 2.19. The van der Waals surface area contributed by atoms with Gasteiger partial charge in [0.05, 0.1) is 12.0 Å². The van der Waals surface area contributed by atoms with E-state index in [-0.39, 0.29) is 17.1 Å². The highest BCUT2D eigenvalue weighted by molar-refractivity contribution is 5.67. The molecule has 0 fully saturated rings. The average molecular weight is 246 g/mol. The Morgan fingerprint density at radius 1 is 1.41 bits per heavy atom. The lowest BCUT2D eigenvalue weighted by atomic mass is 10.2. The molecule has 0 unspecified atom stereocenters. The van der Waals surface area contributed by atoms with E-state index in [0.29, 0.717) is 0 Å². The highest BCUT2D eigenvalue weighted by atomic mass is 16.9. The van der Waals surface area contributed by atoms with Gasteiger partial charge in [0.1, 0.15) is 5.69 Å². The molecule has 0 spiro atoms. The van der Waals surface area contributed by atoms with Gasteiger partial charge in [-0.05, 0) is 12.1 Å². The minimum Gasteiger partial charge on any atom is -0.490 e. The molecule has 1 rings (SSSR count). The van der Waals surface area contributed by atoms with Crippen LogP contribution in [0.5, 0.6) is 5.75 Å². The van der Waals surface area contributed by atoms with Gasteiger partial charge in [-0.25, -0.2) is 0 Å². The summed E-state index contributed by atoms with van der Waals surface area (Å²) in [5.41, 5.74) is 2.30. The number of para-hydroxylation sites is 1. The Morgan fingerprint density at radius 2 is 1.94 bits per heavy atom. The number of nitrogens with one attached hydrogen (secondary N) is 1. The Bertz CT molecular complexity index is 383. The Balaban J connectivity index is 0.000000557. The van der Waals surface area contributed by atoms with Crippen molar-refractivity contribution in [2.24, 2.45) is 5.84 Å². The Morgan fingerprint density at radius 3 is 2.29 bits per heavy atom. The van der Waals surface area contributed by atoms with Gasteiger partial charge in [0.15, 0.2) is 5.75 Å². The quantitative estimate of drug-likeness (QED) is 0.396. The van der Waals surface area contributed by atoms with Gasteiger partial charge < -0.3 is 15.4 Å². The van der Waals surface area contributed by atoms with E-state index >= 15 is 0 Å². The number of nitrogens with zero attached hydrogens (tertiary/aromatic N) is 2. The van der Waals surface area contributed by atoms with Crippen LogP contribution in [0.4, 0.5) is 11.4 Å². The van der Waals surface area contributed by atoms with E-state index in [4.69, 9.17) is 25.9 Å². The lowest BCUT2D eigenvalue weighted by molar-refractivity contribution is -0.742. The monoisotopic (exact) mass is 246 g/mol. The molecule has 10 nitrogen and oxygen atoms in total. The number of rotatable bonds is 3. The van der Waals surface area contributed by atoms with Gasteiger partial charge in [-0.3, -0.25) is 16.0 Å². The summed E-state index contributed by atoms with van der Waals surface area (Å²) in [5.74, 6) is 5.28. The maximum atomic E-state index is 10.6. The summed E-state index contributed by atoms with van der Waals surface area (Å²) in [6.07, 6.45) is 0. The molecule has 0 aliphatic rings. The molecule has 0 saturated heterocycles. The van der Waals surface area contributed by atoms with E-state index in [1.54, 1.807) is 6.07 Å². The van der Waals surface area contributed by atoms with Crippen molar-refractivity contribution >= 4 is 11.4 Å². The smallest absolute Gasteiger partial charge is 0.335 e. The van der Waals surface area contributed by atoms with Gasteiger partial charge in [-0.2, -0.15) is 0 Å². The normalized spacial score (nSPS) is 8.59. The van der Waals surface area contributed by atoms with Crippen LogP contribution in [0.25, 0.3) is 0 Å². The van der Waals surface area contributed by atoms with Gasteiger partial charge in [-0.1, -0.05) is 6.07 Å². The van der Waals surface area contributed by atoms with Crippen molar-refractivity contribution in [3.05, 3.63) is 38.4 Å². The molecule has 4 N–H and O–H groups in total. The first-order valence-corrected chi connectivity index (χ1v) is 4.05. The molecule has 0 amide bonds. The zero-order valence-electron chi connectivity index (χ0n) is 8.69. The first-order chi connectivity index (χ1) is 7.93. The number of anilines is 1. The summed E-state index contributed by atoms with van der Waals surface area (Å²) >= 11 is 0. The fourth-order valence-electron chi connectivity index (χ4n) is 0.992. The van der Waals surface area contributed by atoms with Crippen LogP contribution in [0.3, 0.4) is 0 Å². The van der Waals surface area contributed by atoms with Crippen LogP contribution in [-0.2, 0) is 0 Å². The first kappa shape index (κ1) is 14.4. The number of ether oxygens (including phenoxy) is 1. The van der Waals surface area contributed by atoms with Crippen LogP contribution in [0.15, 0.2) is 18.2 Å². The molecule has 0 aliphatic carbocycles. The third kappa shape index (κ3) is 4.61. The van der Waals surface area contributed by atoms with Crippen molar-refractivity contribution in [1.82, 2.24) is 0 Å². The average Bonchev–Trinajstić information content (AvgIpc) is 2.26. The summed E-state index contributed by atoms with van der Waals surface area (Å²) in [6, 6.07) is 4.61. The molecule has 94 valence electrons. The molecule has 0 bridgehead atoms. The summed E-state index contributed by atoms with van der Waals surface area (Å²) in [5, 5.41) is 24.2. The van der Waals surface area contributed by atoms with E-state index in [1.165, 1.54) is 19.2 Å². The topological polar surface area (TPSA) is 154 Å². The molecular formula is C7H10N4O6. The van der Waals surface area contributed by atoms with Crippen molar-refractivity contribution < 1.29 is 20.0 Å². The number of hydrogen-bond acceptors (Lipinski definition) is 7. The van der Waals surface area contributed by atoms with Crippen molar-refractivity contribution in [3.63, 3.8) is 0 Å². The van der Waals surface area contributed by atoms with Gasteiger partial charge >= 0.3 is 5.69 Å². The second-order valence-corrected chi connectivity index (χ2v) is 2.50. The predicted octanol–water partition coefficient (Wildman–Crippen LogP) is 0.541. The van der Waals surface area contributed by atoms with Crippen molar-refractivity contribution in [1.29, 1.82) is 0 Å². The third-order valence-electron chi connectivity index (χ3n) is 1.56. The molecule has 0 radical (unpaired) electrons. The van der Waals surface area contributed by atoms with Crippen LogP contribution in [0, 0.1) is 20.2 Å². The Hall–Kier alpha value is -2.62. The number of hydrazine groups is 1. The van der Waals surface area contributed by atoms with E-state index in [1.807, 2.05) is 0 Å². The summed E-state index contributed by atoms with van der Waals surface area (Å²) in [6.45, 7) is 0. The summed E-state index contributed by atoms with van der Waals surface area (Å²) in [7, 11) is 1.36. The second kappa shape index (κ2) is 6.79. The Labute approximate surface area is 94.8 Å². The maximum Gasteiger partial charge on any atom is 0.335 e. The second-order valence-electron chi connectivity index (χ2n) is 2.50. The van der Waals surface area contributed by atoms with Gasteiger partial charge in [0, 0.05) is 0 Å². The highest BCUT2D eigenvalue weighted by Crippen LogP contribution is 2.33. The zero-order chi connectivity index (χ0) is 13.4. The maximum absolute atomic E-state index is 10.6. The molecule has 0 atom stereocenters. The molecule has 0 aliphatic heterocycles. The number of nitro benzene ring substituents is 1. The predicted molar refractivity (Wildman–Crippen MR) is 56.2 cm³/mol. The van der Waals surface area contributed by atoms with E-state index in [2.05, 4.69) is 5.43 Å². The largest absolute Gasteiger partial charge is 0.490 e. The molecule has 1 aromatic carbocycles. The number of hydrogen-bond donors (Lipinski definition) is 3. The molecule has 0 heterocycles. The van der Waals surface area contributed by atoms with E-state index < -0.39 is 10.0 Å². The molecule has 1 aromatic rings. The zero-order valence-corrected chi connectivity index (χ0v) is 8.69. The van der Waals surface area contributed by atoms with Gasteiger partial charge in [-0.15, -0.1) is 10.1 Å². The fraction of sp³-hybridized carbons (Fsp3) is 0.143. The van der Waals surface area contributed by atoms with Gasteiger partial charge in [0.25, 0.3) is 5.09 Å². The number of nitro groups is 1. The van der Waals surface area contributed by atoms with Crippen molar-refractivity contribution in [2.75, 3.05) is 12.5 Å². The number of methoxy groups -OCH3 is 1. The minimum absolute atomic E-state index is 0.160. The molecular weight excluding hydrogens is 236 g/mol. The molecule has 0 saturated carbocycles. The van der Waals surface area contributed by atoms with E-state index in [0.717, 1.165) is 0 Å². The Kier molecular flexibility index (Phi) is 5.74. The van der Waals surface area contributed by atoms with Crippen LogP contribution in [0.1, 0.15) is 0 Å². The lowest BCUT2D eigenvalue weighted by Crippen LogP contribution is -2.09. The van der Waals surface area contributed by atoms with Crippen molar-refractivity contribution in [2.45, 2.75) is 0 Å². The minimum atomic E-state index is -1.50. The van der Waals surface area contributed by atoms with Crippen LogP contribution in [0.2, 0.25) is 0 Å². The molecule has 10 heteroatoms. The number of nitrogens with two attached hydrogens (primary N) is 1. The number of benzene rings is 1. The summed E-state index contributed by atoms with van der Waals surface area (Å²) in [4.78, 5) is 18.4. The summed E-state index contributed by atoms with van der Waals surface area (Å²) < 4.78 is 4.81. The van der Waals surface area contributed by atoms with Crippen LogP contribution >= 0.6 is 0 Å². The standard InChI is InChI=1S/C7H9N3O3.HNO3/c1-13-6-4-2-3-5(9-8)7(6)10(11)12;2-1(3)4/h2-4,9H,8H2,1H3;(H,2,3,4). The number of nitrogen functional groups attached to an aromatic ring is 1. The van der Waals surface area contributed by atoms with Crippen LogP contribution in [-0.4, -0.2) is 22.3 Å². The van der Waals surface area contributed by atoms with Gasteiger partial charge in [0.2, 0.25) is 0 Å². The third-order valence-corrected chi connectivity index (χ3v) is 1.56. The van der Waals surface area contributed by atoms with Crippen molar-refractivity contribution in [3.8, 4) is 5.75 Å².